The monoisotopic (exact) mass is 454 g/mol. The van der Waals surface area contributed by atoms with E-state index in [1.807, 2.05) is 41.8 Å². The Morgan fingerprint density at radius 1 is 1.21 bits per heavy atom. The molecule has 0 spiro atoms. The Bertz CT molecular complexity index is 1520. The lowest BCUT2D eigenvalue weighted by molar-refractivity contribution is 0.182. The van der Waals surface area contributed by atoms with E-state index in [9.17, 15) is 10.4 Å². The number of rotatable bonds is 7. The predicted molar refractivity (Wildman–Crippen MR) is 125 cm³/mol. The van der Waals surface area contributed by atoms with Gasteiger partial charge in [-0.3, -0.25) is 9.67 Å². The number of aliphatic hydroxyl groups excluding tert-OH is 1. The van der Waals surface area contributed by atoms with Crippen molar-refractivity contribution in [1.82, 2.24) is 34.5 Å². The molecule has 0 radical (unpaired) electrons. The number of aromatic amines is 1. The van der Waals surface area contributed by atoms with E-state index in [4.69, 9.17) is 9.72 Å². The molecule has 0 unspecified atom stereocenters. The molecule has 5 aromatic rings. The Morgan fingerprint density at radius 2 is 2.09 bits per heavy atom. The fourth-order valence-corrected chi connectivity index (χ4v) is 4.02. The van der Waals surface area contributed by atoms with E-state index >= 15 is 0 Å². The van der Waals surface area contributed by atoms with Crippen LogP contribution in [0, 0.1) is 18.3 Å². The standard InChI is InChI=1S/C24H22N8O2/c1-15-9-18(11-25)30-32(15)24-16(7-8-33)4-6-23(28-24)31-14-26-20-10-17(3-5-22(20)31)19-12-27-29-21(19)13-34-2/h3-6,9-10,12,14,33H,7-8,13H2,1-2H3,(H,27,29). The molecule has 2 N–H and O–H groups in total. The molecule has 0 saturated carbocycles. The first-order valence-electron chi connectivity index (χ1n) is 10.7. The molecule has 0 aliphatic heterocycles. The Kier molecular flexibility index (Phi) is 5.63. The maximum Gasteiger partial charge on any atom is 0.163 e. The molecule has 34 heavy (non-hydrogen) atoms. The first-order chi connectivity index (χ1) is 16.6. The SMILES string of the molecule is COCc1[nH]ncc1-c1ccc2c(c1)ncn2-c1ccc(CCO)c(-n2nc(C#N)cc2C)n1. The van der Waals surface area contributed by atoms with Gasteiger partial charge in [0.2, 0.25) is 0 Å². The van der Waals surface area contributed by atoms with Gasteiger partial charge >= 0.3 is 0 Å². The van der Waals surface area contributed by atoms with Crippen molar-refractivity contribution in [3.05, 3.63) is 71.6 Å². The molecule has 0 atom stereocenters. The number of fused-ring (bicyclic) bond motifs is 1. The maximum absolute atomic E-state index is 9.52. The number of nitriles is 1. The zero-order chi connectivity index (χ0) is 23.7. The van der Waals surface area contributed by atoms with Crippen LogP contribution >= 0.6 is 0 Å². The average Bonchev–Trinajstić information content (AvgIpc) is 3.57. The van der Waals surface area contributed by atoms with Crippen LogP contribution in [0.4, 0.5) is 0 Å². The lowest BCUT2D eigenvalue weighted by Crippen LogP contribution is -2.10. The molecule has 5 rings (SSSR count). The summed E-state index contributed by atoms with van der Waals surface area (Å²) < 4.78 is 8.79. The summed E-state index contributed by atoms with van der Waals surface area (Å²) in [6.45, 7) is 2.29. The van der Waals surface area contributed by atoms with Gasteiger partial charge in [-0.2, -0.15) is 15.5 Å². The molecule has 4 aromatic heterocycles. The Morgan fingerprint density at radius 3 is 2.85 bits per heavy atom. The lowest BCUT2D eigenvalue weighted by Gasteiger charge is -2.12. The van der Waals surface area contributed by atoms with Crippen LogP contribution in [0.5, 0.6) is 0 Å². The van der Waals surface area contributed by atoms with Crippen LogP contribution in [-0.2, 0) is 17.8 Å². The molecular weight excluding hydrogens is 432 g/mol. The third-order valence-corrected chi connectivity index (χ3v) is 5.64. The second-order valence-corrected chi connectivity index (χ2v) is 7.83. The van der Waals surface area contributed by atoms with E-state index in [-0.39, 0.29) is 6.61 Å². The van der Waals surface area contributed by atoms with Crippen molar-refractivity contribution in [3.63, 3.8) is 0 Å². The number of imidazole rings is 1. The number of aliphatic hydroxyl groups is 1. The molecule has 4 heterocycles. The van der Waals surface area contributed by atoms with Crippen molar-refractivity contribution in [2.75, 3.05) is 13.7 Å². The predicted octanol–water partition coefficient (Wildman–Crippen LogP) is 2.86. The highest BCUT2D eigenvalue weighted by Gasteiger charge is 2.16. The number of hydrogen-bond acceptors (Lipinski definition) is 7. The fourth-order valence-electron chi connectivity index (χ4n) is 4.02. The van der Waals surface area contributed by atoms with Crippen LogP contribution in [0.3, 0.4) is 0 Å². The Balaban J connectivity index is 1.59. The highest BCUT2D eigenvalue weighted by Crippen LogP contribution is 2.28. The smallest absolute Gasteiger partial charge is 0.163 e. The first kappa shape index (κ1) is 21.5. The third kappa shape index (κ3) is 3.73. The summed E-state index contributed by atoms with van der Waals surface area (Å²) in [5, 5.41) is 30.2. The van der Waals surface area contributed by atoms with E-state index in [2.05, 4.69) is 26.3 Å². The first-order valence-corrected chi connectivity index (χ1v) is 10.7. The van der Waals surface area contributed by atoms with Crippen molar-refractivity contribution in [2.45, 2.75) is 20.0 Å². The molecule has 0 saturated heterocycles. The quantitative estimate of drug-likeness (QED) is 0.387. The molecule has 0 fully saturated rings. The highest BCUT2D eigenvalue weighted by molar-refractivity contribution is 5.83. The second kappa shape index (κ2) is 8.90. The van der Waals surface area contributed by atoms with Crippen LogP contribution in [0.25, 0.3) is 33.8 Å². The molecule has 10 heteroatoms. The van der Waals surface area contributed by atoms with Crippen molar-refractivity contribution < 1.29 is 9.84 Å². The van der Waals surface area contributed by atoms with Crippen LogP contribution in [-0.4, -0.2) is 53.3 Å². The van der Waals surface area contributed by atoms with Crippen molar-refractivity contribution in [3.8, 4) is 28.8 Å². The van der Waals surface area contributed by atoms with Gasteiger partial charge in [0.1, 0.15) is 18.2 Å². The fraction of sp³-hybridized carbons (Fsp3) is 0.208. The summed E-state index contributed by atoms with van der Waals surface area (Å²) in [7, 11) is 1.65. The van der Waals surface area contributed by atoms with Gasteiger partial charge in [0.25, 0.3) is 0 Å². The minimum Gasteiger partial charge on any atom is -0.396 e. The molecule has 0 aliphatic rings. The summed E-state index contributed by atoms with van der Waals surface area (Å²) in [5.74, 6) is 1.23. The Labute approximate surface area is 195 Å². The van der Waals surface area contributed by atoms with Gasteiger partial charge in [-0.05, 0) is 48.7 Å². The van der Waals surface area contributed by atoms with Gasteiger partial charge in [0.05, 0.1) is 29.5 Å². The van der Waals surface area contributed by atoms with Gasteiger partial charge in [-0.25, -0.2) is 14.6 Å². The van der Waals surface area contributed by atoms with Gasteiger partial charge in [0, 0.05) is 25.0 Å². The second-order valence-electron chi connectivity index (χ2n) is 7.83. The van der Waals surface area contributed by atoms with E-state index in [0.717, 1.165) is 39.1 Å². The van der Waals surface area contributed by atoms with Crippen molar-refractivity contribution in [2.24, 2.45) is 0 Å². The number of nitrogens with one attached hydrogen (secondary N) is 1. The summed E-state index contributed by atoms with van der Waals surface area (Å²) >= 11 is 0. The number of aryl methyl sites for hydroxylation is 1. The summed E-state index contributed by atoms with van der Waals surface area (Å²) in [6, 6.07) is 13.6. The lowest BCUT2D eigenvalue weighted by atomic mass is 10.1. The molecule has 0 amide bonds. The number of benzene rings is 1. The number of nitrogens with zero attached hydrogens (tertiary/aromatic N) is 7. The van der Waals surface area contributed by atoms with Crippen molar-refractivity contribution in [1.29, 1.82) is 5.26 Å². The van der Waals surface area contributed by atoms with Crippen LogP contribution < -0.4 is 0 Å². The summed E-state index contributed by atoms with van der Waals surface area (Å²) in [4.78, 5) is 9.44. The van der Waals surface area contributed by atoms with Crippen LogP contribution in [0.15, 0.2) is 48.9 Å². The average molecular weight is 454 g/mol. The van der Waals surface area contributed by atoms with E-state index in [1.165, 1.54) is 0 Å². The molecule has 1 aromatic carbocycles. The number of ether oxygens (including phenoxy) is 1. The van der Waals surface area contributed by atoms with Crippen molar-refractivity contribution >= 4 is 11.0 Å². The zero-order valence-corrected chi connectivity index (χ0v) is 18.7. The molecular formula is C24H22N8O2. The molecule has 10 nitrogen and oxygen atoms in total. The summed E-state index contributed by atoms with van der Waals surface area (Å²) in [6.07, 6.45) is 3.93. The molecule has 0 aliphatic carbocycles. The van der Waals surface area contributed by atoms with Crippen LogP contribution in [0.1, 0.15) is 22.6 Å². The number of H-pyrrole nitrogens is 1. The minimum absolute atomic E-state index is 0.0185. The van der Waals surface area contributed by atoms with E-state index < -0.39 is 0 Å². The van der Waals surface area contributed by atoms with Gasteiger partial charge in [-0.1, -0.05) is 12.1 Å². The number of hydrogen-bond donors (Lipinski definition) is 2. The van der Waals surface area contributed by atoms with Gasteiger partial charge in [-0.15, -0.1) is 0 Å². The third-order valence-electron chi connectivity index (χ3n) is 5.64. The Hall–Kier alpha value is -4.33. The summed E-state index contributed by atoms with van der Waals surface area (Å²) in [5.41, 5.74) is 6.49. The van der Waals surface area contributed by atoms with E-state index in [0.29, 0.717) is 30.4 Å². The minimum atomic E-state index is -0.0185. The van der Waals surface area contributed by atoms with Crippen LogP contribution in [0.2, 0.25) is 0 Å². The maximum atomic E-state index is 9.52. The van der Waals surface area contributed by atoms with E-state index in [1.54, 1.807) is 30.4 Å². The number of methoxy groups -OCH3 is 1. The van der Waals surface area contributed by atoms with Gasteiger partial charge < -0.3 is 9.84 Å². The zero-order valence-electron chi connectivity index (χ0n) is 18.7. The van der Waals surface area contributed by atoms with Gasteiger partial charge in [0.15, 0.2) is 11.5 Å². The number of pyridine rings is 1. The highest BCUT2D eigenvalue weighted by atomic mass is 16.5. The molecule has 0 bridgehead atoms. The largest absolute Gasteiger partial charge is 0.396 e. The molecule has 170 valence electrons. The normalized spacial score (nSPS) is 11.2. The topological polar surface area (TPSA) is 130 Å². The number of aromatic nitrogens is 7.